The second-order valence-electron chi connectivity index (χ2n) is 11.1. The van der Waals surface area contributed by atoms with Crippen molar-refractivity contribution in [3.05, 3.63) is 98.0 Å². The molecule has 0 saturated carbocycles. The number of nitro benzene ring substituents is 1. The average molecular weight is 666 g/mol. The molecule has 2 amide bonds. The molecule has 14 heteroatoms. The predicted octanol–water partition coefficient (Wildman–Crippen LogP) is 5.23. The normalized spacial score (nSPS) is 12.2. The van der Waals surface area contributed by atoms with Crippen LogP contribution in [-0.4, -0.2) is 61.5 Å². The molecule has 3 rings (SSSR count). The number of carbonyl (C=O) groups is 2. The highest BCUT2D eigenvalue weighted by Gasteiger charge is 2.35. The monoisotopic (exact) mass is 664 g/mol. The van der Waals surface area contributed by atoms with E-state index in [1.54, 1.807) is 45.0 Å². The molecule has 0 spiro atoms. The first-order valence-electron chi connectivity index (χ1n) is 13.4. The number of anilines is 1. The third-order valence-corrected chi connectivity index (χ3v) is 8.16. The number of rotatable bonds is 12. The summed E-state index contributed by atoms with van der Waals surface area (Å²) in [5, 5.41) is 15.1. The lowest BCUT2D eigenvalue weighted by Crippen LogP contribution is -2.56. The van der Waals surface area contributed by atoms with Crippen molar-refractivity contribution in [2.75, 3.05) is 24.2 Å². The molecule has 3 aromatic rings. The second kappa shape index (κ2) is 14.3. The van der Waals surface area contributed by atoms with Gasteiger partial charge in [0.1, 0.15) is 24.0 Å². The molecule has 0 aliphatic carbocycles. The van der Waals surface area contributed by atoms with Crippen LogP contribution in [0.2, 0.25) is 10.0 Å². The number of hydrogen-bond acceptors (Lipinski definition) is 7. The largest absolute Gasteiger partial charge is 0.495 e. The zero-order chi connectivity index (χ0) is 32.8. The van der Waals surface area contributed by atoms with E-state index in [0.717, 1.165) is 28.3 Å². The molecule has 0 saturated heterocycles. The van der Waals surface area contributed by atoms with Gasteiger partial charge in [-0.25, -0.2) is 8.42 Å². The van der Waals surface area contributed by atoms with Gasteiger partial charge in [-0.15, -0.1) is 0 Å². The summed E-state index contributed by atoms with van der Waals surface area (Å²) in [6.07, 6.45) is 0.964. The Bertz CT molecular complexity index is 1630. The fraction of sp³-hybridized carbons (Fsp3) is 0.333. The third kappa shape index (κ3) is 9.31. The Labute approximate surface area is 266 Å². The van der Waals surface area contributed by atoms with Crippen molar-refractivity contribution in [3.8, 4) is 5.75 Å². The molecule has 11 nitrogen and oxygen atoms in total. The molecule has 0 aromatic heterocycles. The Morgan fingerprint density at radius 2 is 1.70 bits per heavy atom. The molecule has 44 heavy (non-hydrogen) atoms. The molecule has 236 valence electrons. The van der Waals surface area contributed by atoms with Gasteiger partial charge in [0.2, 0.25) is 21.8 Å². The van der Waals surface area contributed by atoms with Crippen LogP contribution in [0.1, 0.15) is 31.9 Å². The lowest BCUT2D eigenvalue weighted by atomic mass is 10.0. The van der Waals surface area contributed by atoms with Crippen LogP contribution in [0.3, 0.4) is 0 Å². The number of ether oxygens (including phenoxy) is 1. The Morgan fingerprint density at radius 1 is 1.05 bits per heavy atom. The van der Waals surface area contributed by atoms with Gasteiger partial charge in [0.25, 0.3) is 5.69 Å². The van der Waals surface area contributed by atoms with E-state index in [1.165, 1.54) is 24.1 Å². The van der Waals surface area contributed by atoms with Crippen molar-refractivity contribution in [2.24, 2.45) is 0 Å². The molecule has 0 heterocycles. The molecule has 0 aliphatic heterocycles. The summed E-state index contributed by atoms with van der Waals surface area (Å²) in [5.74, 6) is -1.24. The first-order chi connectivity index (χ1) is 20.5. The van der Waals surface area contributed by atoms with E-state index in [-0.39, 0.29) is 29.4 Å². The van der Waals surface area contributed by atoms with Gasteiger partial charge in [0.05, 0.1) is 18.3 Å². The zero-order valence-electron chi connectivity index (χ0n) is 24.9. The highest BCUT2D eigenvalue weighted by Crippen LogP contribution is 2.34. The van der Waals surface area contributed by atoms with Crippen LogP contribution >= 0.6 is 23.2 Å². The highest BCUT2D eigenvalue weighted by molar-refractivity contribution is 7.92. The number of amides is 2. The standard InChI is InChI=1S/C30H34Cl2N4O7S/c1-30(2,3)33-29(38)26(15-20-9-7-6-8-10-20)34(18-21-11-12-22(31)16-24(21)32)28(37)19-35(44(5,41)42)25-17-23(36(39)40)13-14-27(25)43-4/h6-14,16-17,26H,15,18-19H2,1-5H3,(H,33,38)/t26-/m0/s1. The summed E-state index contributed by atoms with van der Waals surface area (Å²) >= 11 is 12.6. The number of carbonyl (C=O) groups excluding carboxylic acids is 2. The maximum absolute atomic E-state index is 14.3. The first-order valence-corrected chi connectivity index (χ1v) is 16.0. The van der Waals surface area contributed by atoms with Crippen molar-refractivity contribution in [1.82, 2.24) is 10.2 Å². The van der Waals surface area contributed by atoms with Gasteiger partial charge in [0, 0.05) is 40.7 Å². The minimum absolute atomic E-state index is 0.00701. The topological polar surface area (TPSA) is 139 Å². The number of sulfonamides is 1. The Morgan fingerprint density at radius 3 is 2.25 bits per heavy atom. The third-order valence-electron chi connectivity index (χ3n) is 6.45. The molecule has 0 unspecified atom stereocenters. The summed E-state index contributed by atoms with van der Waals surface area (Å²) in [5.41, 5.74) is -0.0564. The number of nitrogens with one attached hydrogen (secondary N) is 1. The number of nitro groups is 1. The van der Waals surface area contributed by atoms with Gasteiger partial charge in [-0.2, -0.15) is 0 Å². The summed E-state index contributed by atoms with van der Waals surface area (Å²) < 4.78 is 32.2. The number of non-ortho nitro benzene ring substituents is 1. The van der Waals surface area contributed by atoms with Crippen LogP contribution in [0.5, 0.6) is 5.75 Å². The van der Waals surface area contributed by atoms with E-state index in [9.17, 15) is 28.1 Å². The second-order valence-corrected chi connectivity index (χ2v) is 13.8. The minimum Gasteiger partial charge on any atom is -0.495 e. The van der Waals surface area contributed by atoms with Crippen molar-refractivity contribution in [2.45, 2.75) is 45.3 Å². The Hall–Kier alpha value is -3.87. The lowest BCUT2D eigenvalue weighted by molar-refractivity contribution is -0.384. The Balaban J connectivity index is 2.17. The highest BCUT2D eigenvalue weighted by atomic mass is 35.5. The van der Waals surface area contributed by atoms with E-state index >= 15 is 0 Å². The maximum Gasteiger partial charge on any atom is 0.271 e. The molecule has 0 fully saturated rings. The van der Waals surface area contributed by atoms with Crippen molar-refractivity contribution in [3.63, 3.8) is 0 Å². The SMILES string of the molecule is COc1ccc([N+](=O)[O-])cc1N(CC(=O)N(Cc1ccc(Cl)cc1Cl)[C@@H](Cc1ccccc1)C(=O)NC(C)(C)C)S(C)(=O)=O. The van der Waals surface area contributed by atoms with Gasteiger partial charge in [-0.3, -0.25) is 24.0 Å². The fourth-order valence-corrected chi connectivity index (χ4v) is 5.74. The van der Waals surface area contributed by atoms with E-state index in [1.807, 2.05) is 18.2 Å². The summed E-state index contributed by atoms with van der Waals surface area (Å²) in [7, 11) is -2.93. The summed E-state index contributed by atoms with van der Waals surface area (Å²) in [6.45, 7) is 4.43. The summed E-state index contributed by atoms with van der Waals surface area (Å²) in [4.78, 5) is 40.2. The average Bonchev–Trinajstić information content (AvgIpc) is 2.93. The van der Waals surface area contributed by atoms with Gasteiger partial charge >= 0.3 is 0 Å². The number of methoxy groups -OCH3 is 1. The number of hydrogen-bond donors (Lipinski definition) is 1. The van der Waals surface area contributed by atoms with Gasteiger partial charge in [0.15, 0.2) is 0 Å². The fourth-order valence-electron chi connectivity index (χ4n) is 4.42. The van der Waals surface area contributed by atoms with Crippen LogP contribution in [0.4, 0.5) is 11.4 Å². The number of benzene rings is 3. The molecular formula is C30H34Cl2N4O7S. The number of nitrogens with zero attached hydrogens (tertiary/aromatic N) is 3. The van der Waals surface area contributed by atoms with Crippen molar-refractivity contribution < 1.29 is 27.7 Å². The summed E-state index contributed by atoms with van der Waals surface area (Å²) in [6, 6.07) is 16.1. The predicted molar refractivity (Wildman–Crippen MR) is 171 cm³/mol. The maximum atomic E-state index is 14.3. The minimum atomic E-state index is -4.20. The quantitative estimate of drug-likeness (QED) is 0.207. The zero-order valence-corrected chi connectivity index (χ0v) is 27.2. The molecule has 0 radical (unpaired) electrons. The number of halogens is 2. The van der Waals surface area contributed by atoms with Crippen molar-refractivity contribution in [1.29, 1.82) is 0 Å². The van der Waals surface area contributed by atoms with Gasteiger partial charge < -0.3 is 15.0 Å². The van der Waals surface area contributed by atoms with Crippen LogP contribution in [0, 0.1) is 10.1 Å². The molecule has 1 N–H and O–H groups in total. The van der Waals surface area contributed by atoms with Gasteiger partial charge in [-0.05, 0) is 50.1 Å². The van der Waals surface area contributed by atoms with E-state index in [2.05, 4.69) is 5.32 Å². The molecule has 0 aliphatic rings. The molecule has 0 bridgehead atoms. The van der Waals surface area contributed by atoms with Crippen molar-refractivity contribution >= 4 is 56.4 Å². The van der Waals surface area contributed by atoms with E-state index in [0.29, 0.717) is 10.6 Å². The molecular weight excluding hydrogens is 631 g/mol. The van der Waals surface area contributed by atoms with Crippen LogP contribution in [-0.2, 0) is 32.6 Å². The van der Waals surface area contributed by atoms with Crippen LogP contribution < -0.4 is 14.4 Å². The van der Waals surface area contributed by atoms with Gasteiger partial charge in [-0.1, -0.05) is 59.6 Å². The van der Waals surface area contributed by atoms with Crippen LogP contribution in [0.15, 0.2) is 66.7 Å². The Kier molecular flexibility index (Phi) is 11.2. The lowest BCUT2D eigenvalue weighted by Gasteiger charge is -2.35. The first kappa shape index (κ1) is 34.6. The van der Waals surface area contributed by atoms with E-state index < -0.39 is 50.6 Å². The van der Waals surface area contributed by atoms with E-state index in [4.69, 9.17) is 27.9 Å². The molecule has 1 atom stereocenters. The smallest absolute Gasteiger partial charge is 0.271 e. The molecule has 3 aromatic carbocycles. The van der Waals surface area contributed by atoms with Crippen LogP contribution in [0.25, 0.3) is 0 Å².